The minimum atomic E-state index is -0.302. The second-order valence-electron chi connectivity index (χ2n) is 6.20. The second kappa shape index (κ2) is 6.48. The summed E-state index contributed by atoms with van der Waals surface area (Å²) in [6.07, 6.45) is 0.446. The lowest BCUT2D eigenvalue weighted by Crippen LogP contribution is -2.28. The number of hydrogen-bond acceptors (Lipinski definition) is 3. The van der Waals surface area contributed by atoms with Gasteiger partial charge < -0.3 is 9.67 Å². The minimum absolute atomic E-state index is 0.104. The van der Waals surface area contributed by atoms with Crippen LogP contribution in [0.25, 0.3) is 5.69 Å². The SMILES string of the molecule is Cc1cc(C(=O)CN2CC[C@H](O)C2)c(C)n1-c1ccc(Cl)cc1. The zero-order chi connectivity index (χ0) is 16.6. The number of β-amino-alcohol motifs (C(OH)–C–C–N with tert-alkyl or cyclic N) is 1. The molecule has 2 heterocycles. The Bertz CT molecular complexity index is 721. The molecule has 1 aromatic carbocycles. The number of hydrogen-bond donors (Lipinski definition) is 1. The lowest BCUT2D eigenvalue weighted by molar-refractivity contribution is 0.0934. The molecule has 1 aliphatic heterocycles. The lowest BCUT2D eigenvalue weighted by atomic mass is 10.1. The van der Waals surface area contributed by atoms with Gasteiger partial charge in [0, 0.05) is 40.8 Å². The summed E-state index contributed by atoms with van der Waals surface area (Å²) in [5.41, 5.74) is 3.71. The molecule has 5 heteroatoms. The molecule has 0 unspecified atom stereocenters. The van der Waals surface area contributed by atoms with E-state index in [0.29, 0.717) is 18.1 Å². The van der Waals surface area contributed by atoms with Crippen LogP contribution in [0, 0.1) is 13.8 Å². The Morgan fingerprint density at radius 1 is 1.30 bits per heavy atom. The number of aliphatic hydroxyl groups excluding tert-OH is 1. The van der Waals surface area contributed by atoms with Gasteiger partial charge in [0.2, 0.25) is 0 Å². The van der Waals surface area contributed by atoms with Crippen molar-refractivity contribution in [1.29, 1.82) is 0 Å². The molecule has 2 aromatic rings. The number of aliphatic hydroxyl groups is 1. The Morgan fingerprint density at radius 3 is 2.61 bits per heavy atom. The summed E-state index contributed by atoms with van der Waals surface area (Å²) in [5, 5.41) is 10.3. The fraction of sp³-hybridized carbons (Fsp3) is 0.389. The molecule has 0 aliphatic carbocycles. The van der Waals surface area contributed by atoms with Crippen molar-refractivity contribution in [2.45, 2.75) is 26.4 Å². The van der Waals surface area contributed by atoms with Gasteiger partial charge in [0.25, 0.3) is 0 Å². The standard InChI is InChI=1S/C18H21ClN2O2/c1-12-9-17(18(23)11-20-8-7-16(22)10-20)13(2)21(12)15-5-3-14(19)4-6-15/h3-6,9,16,22H,7-8,10-11H2,1-2H3/t16-/m0/s1. The van der Waals surface area contributed by atoms with Crippen LogP contribution in [0.15, 0.2) is 30.3 Å². The van der Waals surface area contributed by atoms with Crippen LogP contribution in [-0.4, -0.2) is 46.1 Å². The van der Waals surface area contributed by atoms with Crippen molar-refractivity contribution in [3.8, 4) is 5.69 Å². The largest absolute Gasteiger partial charge is 0.392 e. The Balaban J connectivity index is 1.85. The maximum absolute atomic E-state index is 12.6. The normalized spacial score (nSPS) is 18.5. The molecule has 122 valence electrons. The van der Waals surface area contributed by atoms with Crippen molar-refractivity contribution < 1.29 is 9.90 Å². The predicted molar refractivity (Wildman–Crippen MR) is 91.6 cm³/mol. The van der Waals surface area contributed by atoms with Crippen LogP contribution in [-0.2, 0) is 0 Å². The first kappa shape index (κ1) is 16.2. The van der Waals surface area contributed by atoms with Crippen LogP contribution in [0.3, 0.4) is 0 Å². The highest BCUT2D eigenvalue weighted by atomic mass is 35.5. The van der Waals surface area contributed by atoms with Crippen molar-refractivity contribution in [3.63, 3.8) is 0 Å². The molecule has 4 nitrogen and oxygen atoms in total. The number of likely N-dealkylation sites (tertiary alicyclic amines) is 1. The van der Waals surface area contributed by atoms with E-state index in [0.717, 1.165) is 35.6 Å². The first-order chi connectivity index (χ1) is 11.0. The summed E-state index contributed by atoms with van der Waals surface area (Å²) < 4.78 is 2.07. The summed E-state index contributed by atoms with van der Waals surface area (Å²) in [5.74, 6) is 0.104. The van der Waals surface area contributed by atoms with Crippen molar-refractivity contribution in [3.05, 3.63) is 52.3 Å². The average Bonchev–Trinajstić information content (AvgIpc) is 3.04. The summed E-state index contributed by atoms with van der Waals surface area (Å²) in [6.45, 7) is 5.69. The highest BCUT2D eigenvalue weighted by molar-refractivity contribution is 6.30. The van der Waals surface area contributed by atoms with E-state index in [-0.39, 0.29) is 11.9 Å². The molecule has 0 spiro atoms. The highest BCUT2D eigenvalue weighted by Gasteiger charge is 2.24. The number of benzene rings is 1. The van der Waals surface area contributed by atoms with E-state index >= 15 is 0 Å². The number of ketones is 1. The van der Waals surface area contributed by atoms with Gasteiger partial charge in [-0.25, -0.2) is 0 Å². The van der Waals surface area contributed by atoms with E-state index in [2.05, 4.69) is 4.57 Å². The number of carbonyl (C=O) groups is 1. The Labute approximate surface area is 141 Å². The van der Waals surface area contributed by atoms with Gasteiger partial charge >= 0.3 is 0 Å². The molecule has 1 N–H and O–H groups in total. The summed E-state index contributed by atoms with van der Waals surface area (Å²) in [4.78, 5) is 14.6. The van der Waals surface area contributed by atoms with Gasteiger partial charge in [-0.15, -0.1) is 0 Å². The van der Waals surface area contributed by atoms with Crippen LogP contribution in [0.2, 0.25) is 5.02 Å². The van der Waals surface area contributed by atoms with Gasteiger partial charge in [-0.3, -0.25) is 9.69 Å². The van der Waals surface area contributed by atoms with Crippen molar-refractivity contribution in [2.24, 2.45) is 0 Å². The van der Waals surface area contributed by atoms with Crippen LogP contribution in [0.1, 0.15) is 28.2 Å². The number of carbonyl (C=O) groups excluding carboxylic acids is 1. The fourth-order valence-corrected chi connectivity index (χ4v) is 3.40. The number of aromatic nitrogens is 1. The fourth-order valence-electron chi connectivity index (χ4n) is 3.28. The molecule has 1 atom stereocenters. The molecule has 23 heavy (non-hydrogen) atoms. The van der Waals surface area contributed by atoms with Crippen LogP contribution in [0.4, 0.5) is 0 Å². The minimum Gasteiger partial charge on any atom is -0.392 e. The zero-order valence-electron chi connectivity index (χ0n) is 13.4. The molecule has 0 amide bonds. The van der Waals surface area contributed by atoms with Crippen molar-refractivity contribution >= 4 is 17.4 Å². The van der Waals surface area contributed by atoms with Crippen LogP contribution in [0.5, 0.6) is 0 Å². The van der Waals surface area contributed by atoms with Crippen LogP contribution < -0.4 is 0 Å². The van der Waals surface area contributed by atoms with Crippen molar-refractivity contribution in [2.75, 3.05) is 19.6 Å². The number of rotatable bonds is 4. The van der Waals surface area contributed by atoms with Crippen molar-refractivity contribution in [1.82, 2.24) is 9.47 Å². The molecular weight excluding hydrogens is 312 g/mol. The van der Waals surface area contributed by atoms with Gasteiger partial charge in [0.15, 0.2) is 5.78 Å². The molecule has 0 bridgehead atoms. The second-order valence-corrected chi connectivity index (χ2v) is 6.63. The zero-order valence-corrected chi connectivity index (χ0v) is 14.2. The van der Waals surface area contributed by atoms with E-state index < -0.39 is 0 Å². The molecule has 3 rings (SSSR count). The highest BCUT2D eigenvalue weighted by Crippen LogP contribution is 2.23. The monoisotopic (exact) mass is 332 g/mol. The third-order valence-corrected chi connectivity index (χ3v) is 4.68. The number of aryl methyl sites for hydroxylation is 1. The third-order valence-electron chi connectivity index (χ3n) is 4.43. The van der Waals surface area contributed by atoms with Gasteiger partial charge in [0.05, 0.1) is 12.6 Å². The van der Waals surface area contributed by atoms with Crippen LogP contribution >= 0.6 is 11.6 Å². The van der Waals surface area contributed by atoms with Gasteiger partial charge in [-0.2, -0.15) is 0 Å². The van der Waals surface area contributed by atoms with E-state index in [1.165, 1.54) is 0 Å². The topological polar surface area (TPSA) is 45.5 Å². The summed E-state index contributed by atoms with van der Waals surface area (Å²) >= 11 is 5.95. The molecule has 1 aromatic heterocycles. The lowest BCUT2D eigenvalue weighted by Gasteiger charge is -2.14. The number of nitrogens with zero attached hydrogens (tertiary/aromatic N) is 2. The molecule has 1 saturated heterocycles. The molecule has 1 fully saturated rings. The Kier molecular flexibility index (Phi) is 4.57. The number of halogens is 1. The molecular formula is C18H21ClN2O2. The first-order valence-corrected chi connectivity index (χ1v) is 8.22. The molecule has 0 radical (unpaired) electrons. The van der Waals surface area contributed by atoms with Gasteiger partial charge in [-0.1, -0.05) is 11.6 Å². The molecule has 0 saturated carbocycles. The maximum atomic E-state index is 12.6. The smallest absolute Gasteiger partial charge is 0.178 e. The predicted octanol–water partition coefficient (Wildman–Crippen LogP) is 3.00. The summed E-state index contributed by atoms with van der Waals surface area (Å²) in [6, 6.07) is 9.55. The van der Waals surface area contributed by atoms with E-state index in [9.17, 15) is 9.90 Å². The van der Waals surface area contributed by atoms with E-state index in [1.807, 2.05) is 49.1 Å². The quantitative estimate of drug-likeness (QED) is 0.875. The average molecular weight is 333 g/mol. The first-order valence-electron chi connectivity index (χ1n) is 7.84. The maximum Gasteiger partial charge on any atom is 0.178 e. The molecule has 1 aliphatic rings. The number of Topliss-reactive ketones (excluding diaryl/α,β-unsaturated/α-hetero) is 1. The van der Waals surface area contributed by atoms with Gasteiger partial charge in [0.1, 0.15) is 0 Å². The van der Waals surface area contributed by atoms with E-state index in [4.69, 9.17) is 11.6 Å². The van der Waals surface area contributed by atoms with E-state index in [1.54, 1.807) is 0 Å². The Hall–Kier alpha value is -1.62. The third kappa shape index (κ3) is 3.34. The van der Waals surface area contributed by atoms with Gasteiger partial charge in [-0.05, 0) is 50.6 Å². The summed E-state index contributed by atoms with van der Waals surface area (Å²) in [7, 11) is 0. The Morgan fingerprint density at radius 2 is 2.00 bits per heavy atom.